The third kappa shape index (κ3) is 2.96. The lowest BCUT2D eigenvalue weighted by Gasteiger charge is -2.11. The first-order valence-electron chi connectivity index (χ1n) is 3.54. The third-order valence-electron chi connectivity index (χ3n) is 1.31. The molecule has 13 heavy (non-hydrogen) atoms. The Labute approximate surface area is 79.8 Å². The molecule has 0 bridgehead atoms. The number of para-hydroxylation sites is 1. The second-order valence-corrected chi connectivity index (χ2v) is 2.94. The zero-order valence-electron chi connectivity index (χ0n) is 6.71. The summed E-state index contributed by atoms with van der Waals surface area (Å²) in [5, 5.41) is 13.7. The normalized spacial score (nSPS) is 12.1. The molecule has 0 aliphatic rings. The van der Waals surface area contributed by atoms with Crippen LogP contribution in [0.1, 0.15) is 0 Å². The Morgan fingerprint density at radius 3 is 2.54 bits per heavy atom. The van der Waals surface area contributed by atoms with Gasteiger partial charge in [0.15, 0.2) is 0 Å². The van der Waals surface area contributed by atoms with Crippen LogP contribution in [0.5, 0.6) is 5.75 Å². The largest absolute Gasteiger partial charge is 0.478 e. The SMILES string of the molecule is NSC(Oc1ccccc1)C(=O)O. The van der Waals surface area contributed by atoms with Gasteiger partial charge in [0.05, 0.1) is 0 Å². The van der Waals surface area contributed by atoms with Crippen molar-refractivity contribution in [3.05, 3.63) is 30.3 Å². The van der Waals surface area contributed by atoms with E-state index < -0.39 is 11.4 Å². The smallest absolute Gasteiger partial charge is 0.357 e. The standard InChI is InChI=1S/C8H9NO3S/c9-13-8(7(10)11)12-6-4-2-1-3-5-6/h1-5,8H,9H2,(H,10,11). The van der Waals surface area contributed by atoms with Crippen LogP contribution in [-0.2, 0) is 4.79 Å². The monoisotopic (exact) mass is 199 g/mol. The van der Waals surface area contributed by atoms with Crippen LogP contribution in [0.4, 0.5) is 0 Å². The number of aliphatic carboxylic acids is 1. The van der Waals surface area contributed by atoms with Crippen LogP contribution < -0.4 is 9.88 Å². The summed E-state index contributed by atoms with van der Waals surface area (Å²) in [5.41, 5.74) is -1.05. The summed E-state index contributed by atoms with van der Waals surface area (Å²) in [6, 6.07) is 8.68. The van der Waals surface area contributed by atoms with Gasteiger partial charge in [0.25, 0.3) is 5.44 Å². The van der Waals surface area contributed by atoms with E-state index in [-0.39, 0.29) is 0 Å². The number of ether oxygens (including phenoxy) is 1. The average Bonchev–Trinajstić information content (AvgIpc) is 2.15. The minimum Gasteiger partial charge on any atom is -0.478 e. The predicted octanol–water partition coefficient (Wildman–Crippen LogP) is 1.08. The summed E-state index contributed by atoms with van der Waals surface area (Å²) in [7, 11) is 0. The first-order valence-corrected chi connectivity index (χ1v) is 4.48. The molecule has 1 aromatic rings. The Hall–Kier alpha value is -1.20. The molecular weight excluding hydrogens is 190 g/mol. The van der Waals surface area contributed by atoms with E-state index in [0.717, 1.165) is 0 Å². The minimum absolute atomic E-state index is 0.493. The second kappa shape index (κ2) is 4.74. The van der Waals surface area contributed by atoms with Crippen molar-refractivity contribution >= 4 is 17.9 Å². The minimum atomic E-state index is -1.09. The number of nitrogens with two attached hydrogens (primary N) is 1. The maximum atomic E-state index is 10.5. The third-order valence-corrected chi connectivity index (χ3v) is 1.86. The van der Waals surface area contributed by atoms with E-state index in [1.54, 1.807) is 24.3 Å². The van der Waals surface area contributed by atoms with Gasteiger partial charge in [0.2, 0.25) is 0 Å². The summed E-state index contributed by atoms with van der Waals surface area (Å²) in [5.74, 6) is -0.593. The molecule has 0 saturated carbocycles. The fourth-order valence-electron chi connectivity index (χ4n) is 0.759. The van der Waals surface area contributed by atoms with Crippen molar-refractivity contribution < 1.29 is 14.6 Å². The van der Waals surface area contributed by atoms with Gasteiger partial charge in [-0.3, -0.25) is 5.14 Å². The van der Waals surface area contributed by atoms with E-state index in [0.29, 0.717) is 17.7 Å². The number of benzene rings is 1. The van der Waals surface area contributed by atoms with Crippen molar-refractivity contribution in [2.75, 3.05) is 0 Å². The molecule has 0 amide bonds. The van der Waals surface area contributed by atoms with Gasteiger partial charge in [0, 0.05) is 0 Å². The van der Waals surface area contributed by atoms with Crippen LogP contribution in [0.25, 0.3) is 0 Å². The molecule has 3 N–H and O–H groups in total. The highest BCUT2D eigenvalue weighted by Gasteiger charge is 2.17. The molecule has 4 nitrogen and oxygen atoms in total. The molecule has 0 saturated heterocycles. The maximum Gasteiger partial charge on any atom is 0.357 e. The van der Waals surface area contributed by atoms with E-state index in [1.807, 2.05) is 6.07 Å². The fraction of sp³-hybridized carbons (Fsp3) is 0.125. The summed E-state index contributed by atoms with van der Waals surface area (Å²) >= 11 is 0.651. The Bertz CT molecular complexity index is 278. The number of hydrogen-bond donors (Lipinski definition) is 2. The highest BCUT2D eigenvalue weighted by molar-refractivity contribution is 7.98. The molecule has 0 aliphatic carbocycles. The van der Waals surface area contributed by atoms with Crippen LogP contribution >= 0.6 is 11.9 Å². The van der Waals surface area contributed by atoms with Crippen LogP contribution in [0.3, 0.4) is 0 Å². The van der Waals surface area contributed by atoms with Crippen LogP contribution in [0, 0.1) is 0 Å². The Balaban J connectivity index is 2.62. The van der Waals surface area contributed by atoms with Crippen molar-refractivity contribution in [1.82, 2.24) is 0 Å². The van der Waals surface area contributed by atoms with Gasteiger partial charge in [-0.25, -0.2) is 4.79 Å². The van der Waals surface area contributed by atoms with Gasteiger partial charge < -0.3 is 9.84 Å². The molecule has 0 fully saturated rings. The molecule has 0 radical (unpaired) electrons. The number of carbonyl (C=O) groups is 1. The quantitative estimate of drug-likeness (QED) is 0.560. The van der Waals surface area contributed by atoms with Gasteiger partial charge in [-0.15, -0.1) is 0 Å². The Kier molecular flexibility index (Phi) is 3.60. The van der Waals surface area contributed by atoms with E-state index in [1.165, 1.54) is 0 Å². The number of carboxylic acid groups (broad SMARTS) is 1. The first kappa shape index (κ1) is 9.88. The average molecular weight is 199 g/mol. The fourth-order valence-corrected chi connectivity index (χ4v) is 1.04. The van der Waals surface area contributed by atoms with Crippen molar-refractivity contribution in [2.24, 2.45) is 5.14 Å². The topological polar surface area (TPSA) is 72.5 Å². The van der Waals surface area contributed by atoms with Gasteiger partial charge in [-0.2, -0.15) is 0 Å². The molecule has 0 aromatic heterocycles. The van der Waals surface area contributed by atoms with Crippen LogP contribution in [-0.4, -0.2) is 16.5 Å². The molecule has 1 rings (SSSR count). The molecule has 5 heteroatoms. The van der Waals surface area contributed by atoms with E-state index in [4.69, 9.17) is 15.0 Å². The molecule has 1 atom stereocenters. The molecule has 70 valence electrons. The summed E-state index contributed by atoms with van der Waals surface area (Å²) in [4.78, 5) is 10.5. The highest BCUT2D eigenvalue weighted by atomic mass is 32.2. The van der Waals surface area contributed by atoms with Crippen LogP contribution in [0.15, 0.2) is 30.3 Å². The summed E-state index contributed by atoms with van der Waals surface area (Å²) in [6.45, 7) is 0. The number of hydrogen-bond acceptors (Lipinski definition) is 4. The lowest BCUT2D eigenvalue weighted by Crippen LogP contribution is -2.24. The highest BCUT2D eigenvalue weighted by Crippen LogP contribution is 2.14. The van der Waals surface area contributed by atoms with E-state index in [2.05, 4.69) is 0 Å². The molecule has 0 heterocycles. The van der Waals surface area contributed by atoms with Crippen molar-refractivity contribution in [3.8, 4) is 5.75 Å². The molecule has 1 unspecified atom stereocenters. The second-order valence-electron chi connectivity index (χ2n) is 2.24. The lowest BCUT2D eigenvalue weighted by atomic mass is 10.3. The molecule has 1 aromatic carbocycles. The zero-order chi connectivity index (χ0) is 9.68. The first-order chi connectivity index (χ1) is 6.24. The van der Waals surface area contributed by atoms with E-state index >= 15 is 0 Å². The summed E-state index contributed by atoms with van der Waals surface area (Å²) in [6.07, 6.45) is 0. The molecule has 0 spiro atoms. The number of carboxylic acids is 1. The zero-order valence-corrected chi connectivity index (χ0v) is 7.53. The van der Waals surface area contributed by atoms with Crippen molar-refractivity contribution in [1.29, 1.82) is 0 Å². The van der Waals surface area contributed by atoms with Crippen LogP contribution in [0.2, 0.25) is 0 Å². The molecule has 0 aliphatic heterocycles. The van der Waals surface area contributed by atoms with Crippen molar-refractivity contribution in [2.45, 2.75) is 5.44 Å². The summed E-state index contributed by atoms with van der Waals surface area (Å²) < 4.78 is 5.06. The Morgan fingerprint density at radius 1 is 1.46 bits per heavy atom. The Morgan fingerprint density at radius 2 is 2.08 bits per heavy atom. The van der Waals surface area contributed by atoms with Gasteiger partial charge >= 0.3 is 5.97 Å². The number of rotatable bonds is 4. The van der Waals surface area contributed by atoms with Crippen molar-refractivity contribution in [3.63, 3.8) is 0 Å². The van der Waals surface area contributed by atoms with Gasteiger partial charge in [0.1, 0.15) is 5.75 Å². The lowest BCUT2D eigenvalue weighted by molar-refractivity contribution is -0.140. The maximum absolute atomic E-state index is 10.5. The van der Waals surface area contributed by atoms with Gasteiger partial charge in [-0.1, -0.05) is 18.2 Å². The van der Waals surface area contributed by atoms with Gasteiger partial charge in [-0.05, 0) is 24.1 Å². The van der Waals surface area contributed by atoms with E-state index in [9.17, 15) is 4.79 Å². The predicted molar refractivity (Wildman–Crippen MR) is 50.3 cm³/mol. The molecular formula is C8H9NO3S.